The number of para-hydroxylation sites is 2. The van der Waals surface area contributed by atoms with Crippen molar-refractivity contribution in [2.24, 2.45) is 0 Å². The van der Waals surface area contributed by atoms with Crippen molar-refractivity contribution in [1.82, 2.24) is 4.57 Å². The summed E-state index contributed by atoms with van der Waals surface area (Å²) in [4.78, 5) is 3.96. The van der Waals surface area contributed by atoms with Gasteiger partial charge < -0.3 is 4.57 Å². The average molecular weight is 557 g/mol. The van der Waals surface area contributed by atoms with Crippen LogP contribution in [0.4, 0.5) is 5.69 Å². The van der Waals surface area contributed by atoms with Crippen LogP contribution in [0.1, 0.15) is 0 Å². The van der Waals surface area contributed by atoms with Gasteiger partial charge in [-0.1, -0.05) is 91.0 Å². The van der Waals surface area contributed by atoms with Crippen molar-refractivity contribution < 1.29 is 0 Å². The van der Waals surface area contributed by atoms with Crippen molar-refractivity contribution in [3.05, 3.63) is 133 Å². The standard InChI is InChI=1S/C37H20N2S2/c1-38-29-20-19-23(22-17-18-27-26-11-4-7-16-33(26)40-34(27)21-22)35-28-12-8-15-32(36(28)41-37(29)35)39-30-13-5-2-9-24(30)25-10-3-6-14-31(25)39/h2-21H. The molecule has 0 N–H and O–H groups in total. The third kappa shape index (κ3) is 3.16. The number of hydrogen-bond acceptors (Lipinski definition) is 2. The maximum atomic E-state index is 7.98. The first-order valence-corrected chi connectivity index (χ1v) is 15.2. The van der Waals surface area contributed by atoms with E-state index >= 15 is 0 Å². The fourth-order valence-corrected chi connectivity index (χ4v) is 8.89. The van der Waals surface area contributed by atoms with Crippen LogP contribution in [0.25, 0.3) is 83.8 Å². The Balaban J connectivity index is 1.37. The van der Waals surface area contributed by atoms with Gasteiger partial charge in [0.2, 0.25) is 5.69 Å². The van der Waals surface area contributed by atoms with E-state index in [2.05, 4.69) is 125 Å². The molecule has 9 aromatic rings. The molecule has 0 saturated heterocycles. The first-order chi connectivity index (χ1) is 20.3. The zero-order valence-corrected chi connectivity index (χ0v) is 23.4. The minimum absolute atomic E-state index is 0.709. The second-order valence-corrected chi connectivity index (χ2v) is 12.5. The molecule has 0 saturated carbocycles. The molecule has 3 aromatic heterocycles. The molecule has 0 unspecified atom stereocenters. The average Bonchev–Trinajstić information content (AvgIpc) is 3.70. The summed E-state index contributed by atoms with van der Waals surface area (Å²) in [5, 5.41) is 7.47. The van der Waals surface area contributed by atoms with E-state index in [0.29, 0.717) is 5.69 Å². The number of nitrogens with zero attached hydrogens (tertiary/aromatic N) is 2. The summed E-state index contributed by atoms with van der Waals surface area (Å²) in [5.41, 5.74) is 6.62. The molecular weight excluding hydrogens is 537 g/mol. The van der Waals surface area contributed by atoms with Gasteiger partial charge in [-0.2, -0.15) is 0 Å². The van der Waals surface area contributed by atoms with E-state index in [9.17, 15) is 0 Å². The molecule has 0 amide bonds. The highest BCUT2D eigenvalue weighted by Crippen LogP contribution is 2.48. The van der Waals surface area contributed by atoms with E-state index in [1.165, 1.54) is 68.6 Å². The summed E-state index contributed by atoms with van der Waals surface area (Å²) in [6.07, 6.45) is 0. The van der Waals surface area contributed by atoms with E-state index in [1.54, 1.807) is 11.3 Å². The minimum Gasteiger partial charge on any atom is -0.308 e. The van der Waals surface area contributed by atoms with Crippen LogP contribution >= 0.6 is 22.7 Å². The van der Waals surface area contributed by atoms with Crippen LogP contribution in [0.5, 0.6) is 0 Å². The van der Waals surface area contributed by atoms with Gasteiger partial charge in [-0.05, 0) is 46.8 Å². The van der Waals surface area contributed by atoms with Crippen LogP contribution < -0.4 is 0 Å². The van der Waals surface area contributed by atoms with Crippen molar-refractivity contribution >= 4 is 90.5 Å². The lowest BCUT2D eigenvalue weighted by Crippen LogP contribution is -1.93. The molecule has 3 heterocycles. The third-order valence-corrected chi connectivity index (χ3v) is 10.6. The van der Waals surface area contributed by atoms with Crippen molar-refractivity contribution in [3.8, 4) is 16.8 Å². The van der Waals surface area contributed by atoms with Crippen LogP contribution in [0.15, 0.2) is 121 Å². The van der Waals surface area contributed by atoms with Crippen molar-refractivity contribution in [3.63, 3.8) is 0 Å². The first kappa shape index (κ1) is 22.8. The minimum atomic E-state index is 0.709. The molecule has 0 aliphatic rings. The zero-order valence-electron chi connectivity index (χ0n) is 21.8. The van der Waals surface area contributed by atoms with E-state index in [1.807, 2.05) is 17.4 Å². The van der Waals surface area contributed by atoms with Gasteiger partial charge >= 0.3 is 0 Å². The Kier molecular flexibility index (Phi) is 4.74. The molecule has 0 aliphatic heterocycles. The molecule has 190 valence electrons. The Morgan fingerprint density at radius 3 is 2.00 bits per heavy atom. The summed E-state index contributed by atoms with van der Waals surface area (Å²) in [5.74, 6) is 0. The van der Waals surface area contributed by atoms with Gasteiger partial charge in [-0.15, -0.1) is 22.7 Å². The van der Waals surface area contributed by atoms with Crippen LogP contribution in [0.3, 0.4) is 0 Å². The summed E-state index contributed by atoms with van der Waals surface area (Å²) < 4.78 is 7.25. The molecule has 0 spiro atoms. The molecule has 9 rings (SSSR count). The number of thiophene rings is 2. The lowest BCUT2D eigenvalue weighted by molar-refractivity contribution is 1.20. The lowest BCUT2D eigenvalue weighted by atomic mass is 9.97. The molecule has 2 nitrogen and oxygen atoms in total. The van der Waals surface area contributed by atoms with E-state index in [0.717, 1.165) is 10.4 Å². The Morgan fingerprint density at radius 2 is 1.22 bits per heavy atom. The summed E-state index contributed by atoms with van der Waals surface area (Å²) in [6.45, 7) is 7.98. The maximum absolute atomic E-state index is 7.98. The predicted molar refractivity (Wildman–Crippen MR) is 178 cm³/mol. The number of rotatable bonds is 2. The lowest BCUT2D eigenvalue weighted by Gasteiger charge is -2.10. The van der Waals surface area contributed by atoms with Gasteiger partial charge in [0.05, 0.1) is 28.0 Å². The highest BCUT2D eigenvalue weighted by molar-refractivity contribution is 7.27. The molecule has 0 atom stereocenters. The SMILES string of the molecule is [C-]#[N+]c1ccc(-c2ccc3c(c2)sc2ccccc23)c2c1sc1c(-n3c4ccccc4c4ccccc43)cccc12. The van der Waals surface area contributed by atoms with E-state index in [-0.39, 0.29) is 0 Å². The van der Waals surface area contributed by atoms with E-state index in [4.69, 9.17) is 6.57 Å². The number of hydrogen-bond donors (Lipinski definition) is 0. The summed E-state index contributed by atoms with van der Waals surface area (Å²) in [7, 11) is 0. The topological polar surface area (TPSA) is 9.29 Å². The van der Waals surface area contributed by atoms with Gasteiger partial charge in [0.1, 0.15) is 0 Å². The van der Waals surface area contributed by atoms with E-state index < -0.39 is 0 Å². The number of benzene rings is 6. The monoisotopic (exact) mass is 556 g/mol. The van der Waals surface area contributed by atoms with Crippen LogP contribution in [0, 0.1) is 6.57 Å². The smallest absolute Gasteiger partial charge is 0.204 e. The number of aromatic nitrogens is 1. The molecule has 0 bridgehead atoms. The normalized spacial score (nSPS) is 11.9. The van der Waals surface area contributed by atoms with Gasteiger partial charge in [-0.25, -0.2) is 4.85 Å². The van der Waals surface area contributed by atoms with Crippen molar-refractivity contribution in [1.29, 1.82) is 0 Å². The second-order valence-electron chi connectivity index (χ2n) is 10.4. The second kappa shape index (κ2) is 8.52. The van der Waals surface area contributed by atoms with Crippen LogP contribution in [0.2, 0.25) is 0 Å². The quantitative estimate of drug-likeness (QED) is 0.187. The molecule has 0 fully saturated rings. The largest absolute Gasteiger partial charge is 0.308 e. The first-order valence-electron chi connectivity index (χ1n) is 13.6. The summed E-state index contributed by atoms with van der Waals surface area (Å²) in [6, 6.07) is 43.5. The van der Waals surface area contributed by atoms with Crippen molar-refractivity contribution in [2.45, 2.75) is 0 Å². The van der Waals surface area contributed by atoms with Gasteiger partial charge in [0.25, 0.3) is 0 Å². The third-order valence-electron chi connectivity index (χ3n) is 8.24. The van der Waals surface area contributed by atoms with Gasteiger partial charge in [-0.3, -0.25) is 0 Å². The molecule has 0 radical (unpaired) electrons. The van der Waals surface area contributed by atoms with Gasteiger partial charge in [0, 0.05) is 41.0 Å². The molecule has 0 aliphatic carbocycles. The summed E-state index contributed by atoms with van der Waals surface area (Å²) >= 11 is 3.58. The molecular formula is C37H20N2S2. The number of fused-ring (bicyclic) bond motifs is 9. The molecule has 6 aromatic carbocycles. The molecule has 41 heavy (non-hydrogen) atoms. The fourth-order valence-electron chi connectivity index (χ4n) is 6.45. The fraction of sp³-hybridized carbons (Fsp3) is 0. The highest BCUT2D eigenvalue weighted by atomic mass is 32.1. The Morgan fingerprint density at radius 1 is 0.537 bits per heavy atom. The van der Waals surface area contributed by atoms with Crippen LogP contribution in [-0.2, 0) is 0 Å². The Hall–Kier alpha value is -4.95. The highest BCUT2D eigenvalue weighted by Gasteiger charge is 2.20. The Labute approximate surface area is 243 Å². The zero-order chi connectivity index (χ0) is 27.1. The molecule has 4 heteroatoms. The van der Waals surface area contributed by atoms with Crippen LogP contribution in [-0.4, -0.2) is 4.57 Å². The Bertz CT molecular complexity index is 2500. The van der Waals surface area contributed by atoms with Gasteiger partial charge in [0.15, 0.2) is 0 Å². The maximum Gasteiger partial charge on any atom is 0.204 e. The van der Waals surface area contributed by atoms with Crippen molar-refractivity contribution in [2.75, 3.05) is 0 Å². The predicted octanol–water partition coefficient (Wildman–Crippen LogP) is 11.7.